The summed E-state index contributed by atoms with van der Waals surface area (Å²) in [5, 5.41) is 8.79. The molecule has 1 N–H and O–H groups in total. The van der Waals surface area contributed by atoms with Crippen molar-refractivity contribution in [2.24, 2.45) is 0 Å². The summed E-state index contributed by atoms with van der Waals surface area (Å²) < 4.78 is 30.0. The van der Waals surface area contributed by atoms with Crippen molar-refractivity contribution in [2.75, 3.05) is 7.11 Å². The number of carboxylic acids is 1. The van der Waals surface area contributed by atoms with E-state index in [1.807, 2.05) is 0 Å². The third-order valence-corrected chi connectivity index (χ3v) is 2.48. The number of alkyl halides is 2. The van der Waals surface area contributed by atoms with Crippen LogP contribution in [-0.2, 0) is 0 Å². The lowest BCUT2D eigenvalue weighted by Crippen LogP contribution is -2.09. The van der Waals surface area contributed by atoms with E-state index in [9.17, 15) is 13.6 Å². The van der Waals surface area contributed by atoms with E-state index in [-0.39, 0.29) is 9.45 Å². The van der Waals surface area contributed by atoms with Gasteiger partial charge in [-0.05, 0) is 22.6 Å². The Balaban J connectivity index is 3.51. The van der Waals surface area contributed by atoms with Crippen LogP contribution in [-0.4, -0.2) is 23.2 Å². The molecule has 0 amide bonds. The van der Waals surface area contributed by atoms with Crippen LogP contribution in [0.1, 0.15) is 22.3 Å². The number of hydrogen-bond donors (Lipinski definition) is 1. The minimum absolute atomic E-state index is 0.149. The van der Waals surface area contributed by atoms with Gasteiger partial charge in [-0.3, -0.25) is 0 Å². The van der Waals surface area contributed by atoms with Gasteiger partial charge >= 0.3 is 5.97 Å². The molecule has 0 aliphatic rings. The van der Waals surface area contributed by atoms with Gasteiger partial charge in [0.05, 0.1) is 18.2 Å². The SMILES string of the molecule is COc1ncc(I)c(C(=O)O)c1C(F)F. The number of carbonyl (C=O) groups is 1. The Morgan fingerprint density at radius 1 is 1.67 bits per heavy atom. The highest BCUT2D eigenvalue weighted by Crippen LogP contribution is 2.32. The molecule has 1 aromatic heterocycles. The van der Waals surface area contributed by atoms with Gasteiger partial charge in [-0.15, -0.1) is 0 Å². The van der Waals surface area contributed by atoms with Gasteiger partial charge in [0.2, 0.25) is 5.88 Å². The van der Waals surface area contributed by atoms with E-state index in [0.717, 1.165) is 7.11 Å². The van der Waals surface area contributed by atoms with Crippen LogP contribution >= 0.6 is 22.6 Å². The van der Waals surface area contributed by atoms with Crippen LogP contribution in [0.3, 0.4) is 0 Å². The predicted octanol–water partition coefficient (Wildman–Crippen LogP) is 2.33. The van der Waals surface area contributed by atoms with E-state index < -0.39 is 23.5 Å². The predicted molar refractivity (Wildman–Crippen MR) is 55.4 cm³/mol. The second-order valence-electron chi connectivity index (χ2n) is 2.51. The van der Waals surface area contributed by atoms with Crippen molar-refractivity contribution in [3.8, 4) is 5.88 Å². The molecule has 0 atom stereocenters. The number of pyridine rings is 1. The zero-order valence-corrected chi connectivity index (χ0v) is 9.66. The highest BCUT2D eigenvalue weighted by atomic mass is 127. The highest BCUT2D eigenvalue weighted by molar-refractivity contribution is 14.1. The lowest BCUT2D eigenvalue weighted by Gasteiger charge is -2.10. The van der Waals surface area contributed by atoms with Crippen molar-refractivity contribution in [1.82, 2.24) is 4.98 Å². The lowest BCUT2D eigenvalue weighted by atomic mass is 10.1. The average Bonchev–Trinajstić information content (AvgIpc) is 2.16. The van der Waals surface area contributed by atoms with Crippen LogP contribution in [0.25, 0.3) is 0 Å². The molecule has 0 saturated carbocycles. The molecule has 0 aliphatic carbocycles. The number of carboxylic acid groups (broad SMARTS) is 1. The largest absolute Gasteiger partial charge is 0.481 e. The van der Waals surface area contributed by atoms with Crippen molar-refractivity contribution >= 4 is 28.6 Å². The smallest absolute Gasteiger partial charge is 0.337 e. The summed E-state index contributed by atoms with van der Waals surface area (Å²) in [4.78, 5) is 14.4. The summed E-state index contributed by atoms with van der Waals surface area (Å²) in [6, 6.07) is 0. The Kier molecular flexibility index (Phi) is 3.77. The maximum absolute atomic E-state index is 12.6. The summed E-state index contributed by atoms with van der Waals surface area (Å²) in [6.45, 7) is 0. The van der Waals surface area contributed by atoms with E-state index in [2.05, 4.69) is 9.72 Å². The molecule has 0 unspecified atom stereocenters. The minimum atomic E-state index is -2.94. The molecule has 1 rings (SSSR count). The van der Waals surface area contributed by atoms with E-state index in [0.29, 0.717) is 0 Å². The van der Waals surface area contributed by atoms with Gasteiger partial charge in [0.1, 0.15) is 0 Å². The molecular formula is C8H6F2INO3. The van der Waals surface area contributed by atoms with Crippen molar-refractivity contribution in [1.29, 1.82) is 0 Å². The van der Waals surface area contributed by atoms with E-state index in [1.165, 1.54) is 6.20 Å². The number of nitrogens with zero attached hydrogens (tertiary/aromatic N) is 1. The van der Waals surface area contributed by atoms with Gasteiger partial charge in [-0.2, -0.15) is 0 Å². The Morgan fingerprint density at radius 3 is 2.67 bits per heavy atom. The third kappa shape index (κ3) is 2.33. The molecule has 0 saturated heterocycles. The maximum Gasteiger partial charge on any atom is 0.337 e. The zero-order valence-electron chi connectivity index (χ0n) is 7.50. The van der Waals surface area contributed by atoms with Gasteiger partial charge < -0.3 is 9.84 Å². The van der Waals surface area contributed by atoms with Gasteiger partial charge in [0.15, 0.2) is 0 Å². The fourth-order valence-electron chi connectivity index (χ4n) is 1.07. The first-order valence-corrected chi connectivity index (χ1v) is 4.80. The number of hydrogen-bond acceptors (Lipinski definition) is 3. The highest BCUT2D eigenvalue weighted by Gasteiger charge is 2.26. The minimum Gasteiger partial charge on any atom is -0.481 e. The summed E-state index contributed by atoms with van der Waals surface area (Å²) >= 11 is 1.64. The number of rotatable bonds is 3. The van der Waals surface area contributed by atoms with Crippen LogP contribution in [0.5, 0.6) is 5.88 Å². The Hall–Kier alpha value is -0.990. The first kappa shape index (κ1) is 12.1. The standard InChI is InChI=1S/C8H6F2INO3/c1-15-7-5(6(9)10)4(8(13)14)3(11)2-12-7/h2,6H,1H3,(H,13,14). The summed E-state index contributed by atoms with van der Waals surface area (Å²) in [5.41, 5.74) is -1.14. The fourth-order valence-corrected chi connectivity index (χ4v) is 1.73. The van der Waals surface area contributed by atoms with Crippen molar-refractivity contribution < 1.29 is 23.4 Å². The molecule has 0 radical (unpaired) electrons. The van der Waals surface area contributed by atoms with Gasteiger partial charge in [0, 0.05) is 9.77 Å². The van der Waals surface area contributed by atoms with E-state index >= 15 is 0 Å². The van der Waals surface area contributed by atoms with Crippen LogP contribution < -0.4 is 4.74 Å². The van der Waals surface area contributed by atoms with E-state index in [1.54, 1.807) is 22.6 Å². The van der Waals surface area contributed by atoms with Crippen LogP contribution in [0.4, 0.5) is 8.78 Å². The van der Waals surface area contributed by atoms with Crippen LogP contribution in [0.2, 0.25) is 0 Å². The first-order chi connectivity index (χ1) is 6.99. The second-order valence-corrected chi connectivity index (χ2v) is 3.67. The van der Waals surface area contributed by atoms with Gasteiger partial charge in [-0.1, -0.05) is 0 Å². The molecule has 0 fully saturated rings. The molecule has 1 heterocycles. The number of methoxy groups -OCH3 is 1. The summed E-state index contributed by atoms with van der Waals surface area (Å²) in [7, 11) is 1.16. The molecular weight excluding hydrogens is 323 g/mol. The zero-order chi connectivity index (χ0) is 11.6. The normalized spacial score (nSPS) is 10.5. The number of aromatic carboxylic acids is 1. The topological polar surface area (TPSA) is 59.4 Å². The van der Waals surface area contributed by atoms with Crippen molar-refractivity contribution in [3.05, 3.63) is 20.9 Å². The first-order valence-electron chi connectivity index (χ1n) is 3.72. The molecule has 1 aromatic rings. The molecule has 82 valence electrons. The summed E-state index contributed by atoms with van der Waals surface area (Å²) in [6.07, 6.45) is -1.76. The van der Waals surface area contributed by atoms with Crippen LogP contribution in [0, 0.1) is 3.57 Å². The van der Waals surface area contributed by atoms with Gasteiger partial charge in [0.25, 0.3) is 6.43 Å². The number of halogens is 3. The molecule has 15 heavy (non-hydrogen) atoms. The van der Waals surface area contributed by atoms with Crippen molar-refractivity contribution in [3.63, 3.8) is 0 Å². The molecule has 0 aromatic carbocycles. The Morgan fingerprint density at radius 2 is 2.27 bits per heavy atom. The molecule has 4 nitrogen and oxygen atoms in total. The average molecular weight is 329 g/mol. The fraction of sp³-hybridized carbons (Fsp3) is 0.250. The van der Waals surface area contributed by atoms with E-state index in [4.69, 9.17) is 5.11 Å². The Bertz CT molecular complexity index is 398. The Labute approximate surface area is 97.4 Å². The summed E-state index contributed by atoms with van der Waals surface area (Å²) in [5.74, 6) is -1.78. The van der Waals surface area contributed by atoms with Gasteiger partial charge in [-0.25, -0.2) is 18.6 Å². The monoisotopic (exact) mass is 329 g/mol. The number of ether oxygens (including phenoxy) is 1. The molecule has 0 aliphatic heterocycles. The quantitative estimate of drug-likeness (QED) is 0.865. The van der Waals surface area contributed by atoms with Crippen molar-refractivity contribution in [2.45, 2.75) is 6.43 Å². The maximum atomic E-state index is 12.6. The second kappa shape index (κ2) is 4.69. The van der Waals surface area contributed by atoms with Crippen LogP contribution in [0.15, 0.2) is 6.20 Å². The molecule has 7 heteroatoms. The molecule has 0 bridgehead atoms. The molecule has 0 spiro atoms. The lowest BCUT2D eigenvalue weighted by molar-refractivity contribution is 0.0681. The third-order valence-electron chi connectivity index (χ3n) is 1.66. The number of aromatic nitrogens is 1.